The second-order valence-electron chi connectivity index (χ2n) is 24.4. The number of hydrogen-bond donors (Lipinski definition) is 0. The van der Waals surface area contributed by atoms with Gasteiger partial charge in [0.1, 0.15) is 0 Å². The molecule has 5 aromatic heterocycles. The van der Waals surface area contributed by atoms with Gasteiger partial charge in [-0.15, -0.1) is 0 Å². The van der Waals surface area contributed by atoms with E-state index in [0.29, 0.717) is 5.82 Å². The van der Waals surface area contributed by atoms with Crippen LogP contribution in [0.4, 0.5) is 0 Å². The van der Waals surface area contributed by atoms with Crippen molar-refractivity contribution in [1.29, 1.82) is 0 Å². The van der Waals surface area contributed by atoms with Crippen molar-refractivity contribution in [2.24, 2.45) is 0 Å². The molecule has 0 aliphatic heterocycles. The first-order valence-corrected chi connectivity index (χ1v) is 31.5. The molecule has 6 nitrogen and oxygen atoms in total. The van der Waals surface area contributed by atoms with Gasteiger partial charge in [0.2, 0.25) is 0 Å². The molecule has 1 aliphatic carbocycles. The summed E-state index contributed by atoms with van der Waals surface area (Å²) in [6.07, 6.45) is 0. The van der Waals surface area contributed by atoms with Gasteiger partial charge in [-0.3, -0.25) is 0 Å². The average Bonchev–Trinajstić information content (AvgIpc) is 1.56. The highest BCUT2D eigenvalue weighted by molar-refractivity contribution is 6.21. The van der Waals surface area contributed by atoms with Crippen molar-refractivity contribution < 1.29 is 0 Å². The van der Waals surface area contributed by atoms with Gasteiger partial charge in [-0.05, 0) is 143 Å². The van der Waals surface area contributed by atoms with Crippen LogP contribution in [0.25, 0.3) is 188 Å². The first-order valence-electron chi connectivity index (χ1n) is 31.5. The van der Waals surface area contributed by atoms with Gasteiger partial charge < -0.3 is 18.3 Å². The summed E-state index contributed by atoms with van der Waals surface area (Å²) in [6, 6.07) is 115. The standard InChI is InChI=1S/C86H52N6/c1-4-20-53(21-5-1)86-87-84(58-22-18-27-61(48-58)91-75-36-16-12-30-64(75)71-51-56(40-45-80(71)91)54-38-43-78-69(49-54)62-28-10-14-34-73(62)89(78)59-23-6-2-7-24-59)83-67-42-47-77(66-32-19-33-68(82(66)67)85(83)88-86)92-76-37-17-13-31-65(76)72-52-57(41-46-81(72)92)55-39-44-79-70(50-55)63-29-11-15-35-74(63)90(79)60-25-8-3-9-26-60/h1-52H. The first kappa shape index (κ1) is 50.6. The van der Waals surface area contributed by atoms with Gasteiger partial charge in [0.05, 0.1) is 61.2 Å². The molecule has 0 saturated heterocycles. The van der Waals surface area contributed by atoms with Crippen LogP contribution < -0.4 is 0 Å². The normalized spacial score (nSPS) is 12.1. The van der Waals surface area contributed by atoms with Gasteiger partial charge in [-0.25, -0.2) is 9.97 Å². The number of hydrogen-bond acceptors (Lipinski definition) is 2. The molecular formula is C86H52N6. The molecule has 1 aliphatic rings. The third-order valence-electron chi connectivity index (χ3n) is 19.5. The molecule has 0 radical (unpaired) electrons. The fourth-order valence-electron chi connectivity index (χ4n) is 15.5. The quantitative estimate of drug-likeness (QED) is 0.152. The average molecular weight is 1170 g/mol. The molecule has 0 spiro atoms. The zero-order valence-electron chi connectivity index (χ0n) is 49.7. The molecule has 92 heavy (non-hydrogen) atoms. The largest absolute Gasteiger partial charge is 0.309 e. The number of rotatable bonds is 8. The number of nitrogens with zero attached hydrogens (tertiary/aromatic N) is 6. The lowest BCUT2D eigenvalue weighted by Crippen LogP contribution is -1.99. The van der Waals surface area contributed by atoms with E-state index in [1.54, 1.807) is 0 Å². The molecule has 0 N–H and O–H groups in total. The Hall–Kier alpha value is -12.4. The van der Waals surface area contributed by atoms with Gasteiger partial charge in [0.25, 0.3) is 0 Å². The van der Waals surface area contributed by atoms with Crippen molar-refractivity contribution in [3.05, 3.63) is 315 Å². The van der Waals surface area contributed by atoms with Crippen LogP contribution in [0.5, 0.6) is 0 Å². The number of aromatic nitrogens is 6. The molecule has 0 amide bonds. The molecule has 19 aromatic rings. The van der Waals surface area contributed by atoms with E-state index in [0.717, 1.165) is 89.4 Å². The van der Waals surface area contributed by atoms with Crippen molar-refractivity contribution in [1.82, 2.24) is 28.2 Å². The van der Waals surface area contributed by atoms with E-state index in [2.05, 4.69) is 334 Å². The van der Waals surface area contributed by atoms with E-state index in [1.165, 1.54) is 92.8 Å². The summed E-state index contributed by atoms with van der Waals surface area (Å²) in [5, 5.41) is 12.1. The Bertz CT molecular complexity index is 6300. The number of para-hydroxylation sites is 6. The van der Waals surface area contributed by atoms with E-state index in [-0.39, 0.29) is 0 Å². The second-order valence-corrected chi connectivity index (χ2v) is 24.4. The third-order valence-corrected chi connectivity index (χ3v) is 19.5. The summed E-state index contributed by atoms with van der Waals surface area (Å²) in [5.41, 5.74) is 25.7. The van der Waals surface area contributed by atoms with Crippen molar-refractivity contribution in [2.75, 3.05) is 0 Å². The SMILES string of the molecule is c1ccc(-c2nc(-c3cccc(-n4c5ccccc5c5cc(-c6ccc7c(c6)c6ccccc6n7-c6ccccc6)ccc54)c3)c3c(n2)-c2cccc4c(-n5c6ccccc6c6cc(-c7ccc8c(c7)c7ccccc7n8-c7ccccc7)ccc65)ccc-3c24)cc1. The van der Waals surface area contributed by atoms with Crippen LogP contribution in [0, 0.1) is 0 Å². The Labute approximate surface area is 528 Å². The molecule has 20 rings (SSSR count). The number of fused-ring (bicyclic) bond motifs is 15. The minimum atomic E-state index is 0.696. The van der Waals surface area contributed by atoms with Crippen LogP contribution in [-0.4, -0.2) is 28.2 Å². The van der Waals surface area contributed by atoms with Crippen LogP contribution in [-0.2, 0) is 0 Å². The highest BCUT2D eigenvalue weighted by Gasteiger charge is 2.31. The fourth-order valence-corrected chi connectivity index (χ4v) is 15.5. The summed E-state index contributed by atoms with van der Waals surface area (Å²) in [7, 11) is 0. The zero-order valence-corrected chi connectivity index (χ0v) is 49.7. The maximum absolute atomic E-state index is 5.61. The smallest absolute Gasteiger partial charge is 0.160 e. The molecule has 14 aromatic carbocycles. The van der Waals surface area contributed by atoms with E-state index in [1.807, 2.05) is 0 Å². The monoisotopic (exact) mass is 1170 g/mol. The Kier molecular flexibility index (Phi) is 10.8. The van der Waals surface area contributed by atoms with E-state index in [9.17, 15) is 0 Å². The Balaban J connectivity index is 0.718. The van der Waals surface area contributed by atoms with Gasteiger partial charge in [0.15, 0.2) is 5.82 Å². The molecule has 0 unspecified atom stereocenters. The highest BCUT2D eigenvalue weighted by atomic mass is 15.0. The summed E-state index contributed by atoms with van der Waals surface area (Å²) >= 11 is 0. The molecule has 0 fully saturated rings. The minimum absolute atomic E-state index is 0.696. The van der Waals surface area contributed by atoms with E-state index < -0.39 is 0 Å². The summed E-state index contributed by atoms with van der Waals surface area (Å²) in [5.74, 6) is 0.696. The van der Waals surface area contributed by atoms with Gasteiger partial charge >= 0.3 is 0 Å². The Morgan fingerprint density at radius 1 is 0.207 bits per heavy atom. The molecule has 6 heteroatoms. The Morgan fingerprint density at radius 3 is 1.08 bits per heavy atom. The van der Waals surface area contributed by atoms with E-state index >= 15 is 0 Å². The topological polar surface area (TPSA) is 45.5 Å². The zero-order chi connectivity index (χ0) is 60.1. The first-order chi connectivity index (χ1) is 45.6. The fraction of sp³-hybridized carbons (Fsp3) is 0. The van der Waals surface area contributed by atoms with Gasteiger partial charge in [0, 0.05) is 93.2 Å². The third kappa shape index (κ3) is 7.37. The molecule has 5 heterocycles. The lowest BCUT2D eigenvalue weighted by molar-refractivity contribution is 1.17. The van der Waals surface area contributed by atoms with Crippen LogP contribution in [0.3, 0.4) is 0 Å². The summed E-state index contributed by atoms with van der Waals surface area (Å²) < 4.78 is 9.66. The second kappa shape index (κ2) is 19.6. The lowest BCUT2D eigenvalue weighted by atomic mass is 9.98. The Morgan fingerprint density at radius 2 is 0.576 bits per heavy atom. The number of benzene rings is 14. The van der Waals surface area contributed by atoms with Crippen molar-refractivity contribution in [3.63, 3.8) is 0 Å². The molecular weight excluding hydrogens is 1120 g/mol. The molecule has 0 bridgehead atoms. The predicted octanol–water partition coefficient (Wildman–Crippen LogP) is 22.3. The van der Waals surface area contributed by atoms with Crippen LogP contribution >= 0.6 is 0 Å². The van der Waals surface area contributed by atoms with Gasteiger partial charge in [-0.1, -0.05) is 200 Å². The minimum Gasteiger partial charge on any atom is -0.309 e. The predicted molar refractivity (Wildman–Crippen MR) is 383 cm³/mol. The summed E-state index contributed by atoms with van der Waals surface area (Å²) in [4.78, 5) is 11.2. The van der Waals surface area contributed by atoms with Crippen molar-refractivity contribution in [2.45, 2.75) is 0 Å². The van der Waals surface area contributed by atoms with Crippen molar-refractivity contribution >= 4 is 98.0 Å². The molecule has 426 valence electrons. The highest BCUT2D eigenvalue weighted by Crippen LogP contribution is 2.53. The molecule has 0 atom stereocenters. The van der Waals surface area contributed by atoms with Crippen LogP contribution in [0.2, 0.25) is 0 Å². The maximum atomic E-state index is 5.61. The maximum Gasteiger partial charge on any atom is 0.160 e. The van der Waals surface area contributed by atoms with Crippen molar-refractivity contribution in [3.8, 4) is 90.0 Å². The lowest BCUT2D eigenvalue weighted by Gasteiger charge is -2.15. The van der Waals surface area contributed by atoms with E-state index in [4.69, 9.17) is 9.97 Å². The van der Waals surface area contributed by atoms with Gasteiger partial charge in [-0.2, -0.15) is 0 Å². The van der Waals surface area contributed by atoms with Crippen LogP contribution in [0.1, 0.15) is 0 Å². The van der Waals surface area contributed by atoms with Crippen LogP contribution in [0.15, 0.2) is 315 Å². The molecule has 0 saturated carbocycles. The summed E-state index contributed by atoms with van der Waals surface area (Å²) in [6.45, 7) is 0.